The highest BCUT2D eigenvalue weighted by Crippen LogP contribution is 1.98. The first-order valence-electron chi connectivity index (χ1n) is 7.51. The lowest BCUT2D eigenvalue weighted by Gasteiger charge is -2.23. The van der Waals surface area contributed by atoms with Crippen molar-refractivity contribution in [2.75, 3.05) is 19.0 Å². The number of carboxylic acid groups (broad SMARTS) is 2. The quantitative estimate of drug-likeness (QED) is 0.139. The van der Waals surface area contributed by atoms with E-state index in [-0.39, 0.29) is 5.75 Å². The number of nitrogens with one attached hydrogen (secondary N) is 3. The first-order valence-corrected chi connectivity index (χ1v) is 8.14. The van der Waals surface area contributed by atoms with Crippen molar-refractivity contribution in [1.82, 2.24) is 16.0 Å². The molecule has 27 heavy (non-hydrogen) atoms. The molecular weight excluding hydrogens is 388 g/mol. The minimum atomic E-state index is -1.62. The summed E-state index contributed by atoms with van der Waals surface area (Å²) in [5.74, 6) is -6.29. The largest absolute Gasteiger partial charge is 0.481 e. The Bertz CT molecular complexity index is 574. The Hall–Kier alpha value is -2.42. The molecule has 0 aliphatic carbocycles. The van der Waals surface area contributed by atoms with Crippen LogP contribution in [0.1, 0.15) is 6.42 Å². The van der Waals surface area contributed by atoms with E-state index < -0.39 is 73.5 Å². The van der Waals surface area contributed by atoms with Crippen molar-refractivity contribution in [2.24, 2.45) is 5.73 Å². The number of hydrogen-bond acceptors (Lipinski definition) is 9. The van der Waals surface area contributed by atoms with Crippen LogP contribution in [0.15, 0.2) is 0 Å². The number of aliphatic carboxylic acids is 2. The summed E-state index contributed by atoms with van der Waals surface area (Å²) in [5, 5.41) is 41.5. The fourth-order valence-corrected chi connectivity index (χ4v) is 1.93. The van der Waals surface area contributed by atoms with Crippen LogP contribution in [0.2, 0.25) is 0 Å². The summed E-state index contributed by atoms with van der Waals surface area (Å²) in [6.45, 7) is -1.64. The second-order valence-electron chi connectivity index (χ2n) is 5.27. The Kier molecular flexibility index (Phi) is 11.0. The highest BCUT2D eigenvalue weighted by molar-refractivity contribution is 7.80. The molecule has 0 saturated carbocycles. The van der Waals surface area contributed by atoms with Crippen molar-refractivity contribution in [1.29, 1.82) is 0 Å². The number of rotatable bonds is 12. The van der Waals surface area contributed by atoms with Crippen LogP contribution in [0.3, 0.4) is 0 Å². The van der Waals surface area contributed by atoms with Gasteiger partial charge in [-0.05, 0) is 0 Å². The van der Waals surface area contributed by atoms with Gasteiger partial charge in [-0.2, -0.15) is 12.6 Å². The Balaban J connectivity index is 5.13. The second kappa shape index (κ2) is 12.1. The van der Waals surface area contributed by atoms with E-state index in [2.05, 4.69) is 17.9 Å². The van der Waals surface area contributed by atoms with Crippen LogP contribution >= 0.6 is 12.6 Å². The lowest BCUT2D eigenvalue weighted by Crippen LogP contribution is -2.58. The Morgan fingerprint density at radius 3 is 1.70 bits per heavy atom. The third-order valence-corrected chi connectivity index (χ3v) is 3.52. The van der Waals surface area contributed by atoms with Crippen LogP contribution in [-0.4, -0.2) is 93.2 Å². The highest BCUT2D eigenvalue weighted by Gasteiger charge is 2.30. The minimum Gasteiger partial charge on any atom is -0.481 e. The maximum absolute atomic E-state index is 12.2. The molecular formula is C13H22N4O9S. The topological polar surface area (TPSA) is 228 Å². The van der Waals surface area contributed by atoms with Crippen LogP contribution in [-0.2, 0) is 24.0 Å². The molecule has 0 aromatic carbocycles. The van der Waals surface area contributed by atoms with Gasteiger partial charge in [0, 0.05) is 5.75 Å². The van der Waals surface area contributed by atoms with E-state index in [1.165, 1.54) is 0 Å². The summed E-state index contributed by atoms with van der Waals surface area (Å²) in [5.41, 5.74) is 5.27. The number of amides is 3. The molecule has 0 aromatic rings. The van der Waals surface area contributed by atoms with Crippen molar-refractivity contribution in [3.05, 3.63) is 0 Å². The fraction of sp³-hybridized carbons (Fsp3) is 0.615. The zero-order valence-corrected chi connectivity index (χ0v) is 14.9. The van der Waals surface area contributed by atoms with Gasteiger partial charge in [0.05, 0.1) is 19.6 Å². The molecule has 0 fully saturated rings. The van der Waals surface area contributed by atoms with E-state index in [1.807, 2.05) is 10.6 Å². The average Bonchev–Trinajstić information content (AvgIpc) is 2.61. The fourth-order valence-electron chi connectivity index (χ4n) is 1.67. The van der Waals surface area contributed by atoms with Gasteiger partial charge in [0.2, 0.25) is 17.7 Å². The molecule has 154 valence electrons. The molecule has 0 bridgehead atoms. The van der Waals surface area contributed by atoms with Gasteiger partial charge in [0.25, 0.3) is 0 Å². The maximum Gasteiger partial charge on any atom is 0.328 e. The third kappa shape index (κ3) is 8.67. The Morgan fingerprint density at radius 2 is 1.30 bits per heavy atom. The van der Waals surface area contributed by atoms with Crippen molar-refractivity contribution < 1.29 is 44.4 Å². The molecule has 0 aliphatic rings. The maximum atomic E-state index is 12.2. The molecule has 0 aromatic heterocycles. The molecule has 0 aliphatic heterocycles. The molecule has 0 radical (unpaired) electrons. The van der Waals surface area contributed by atoms with Crippen molar-refractivity contribution in [3.8, 4) is 0 Å². The van der Waals surface area contributed by atoms with Crippen molar-refractivity contribution in [2.45, 2.75) is 30.6 Å². The Labute approximate surface area is 158 Å². The molecule has 4 atom stereocenters. The molecule has 9 N–H and O–H groups in total. The van der Waals surface area contributed by atoms with E-state index in [1.54, 1.807) is 0 Å². The van der Waals surface area contributed by atoms with Crippen molar-refractivity contribution >= 4 is 42.3 Å². The number of aliphatic hydroxyl groups excluding tert-OH is 2. The van der Waals surface area contributed by atoms with Crippen LogP contribution in [0.4, 0.5) is 0 Å². The van der Waals surface area contributed by atoms with Gasteiger partial charge in [-0.3, -0.25) is 19.2 Å². The van der Waals surface area contributed by atoms with Crippen LogP contribution in [0.25, 0.3) is 0 Å². The number of carbonyl (C=O) groups is 5. The highest BCUT2D eigenvalue weighted by atomic mass is 32.1. The van der Waals surface area contributed by atoms with Gasteiger partial charge < -0.3 is 42.1 Å². The SMILES string of the molecule is NC(CO)C(=O)NC(CC(=O)O)C(=O)NC(CS)C(=O)NC(CO)C(=O)O. The molecule has 4 unspecified atom stereocenters. The predicted octanol–water partition coefficient (Wildman–Crippen LogP) is -4.76. The monoisotopic (exact) mass is 410 g/mol. The normalized spacial score (nSPS) is 15.0. The summed E-state index contributed by atoms with van der Waals surface area (Å²) in [4.78, 5) is 57.6. The van der Waals surface area contributed by atoms with Crippen LogP contribution in [0, 0.1) is 0 Å². The first kappa shape index (κ1) is 24.6. The van der Waals surface area contributed by atoms with Crippen LogP contribution in [0.5, 0.6) is 0 Å². The number of nitrogens with two attached hydrogens (primary N) is 1. The average molecular weight is 410 g/mol. The predicted molar refractivity (Wildman–Crippen MR) is 91.7 cm³/mol. The van der Waals surface area contributed by atoms with Gasteiger partial charge in [-0.15, -0.1) is 0 Å². The molecule has 0 saturated heterocycles. The number of hydrogen-bond donors (Lipinski definition) is 9. The molecule has 13 nitrogen and oxygen atoms in total. The number of carbonyl (C=O) groups excluding carboxylic acids is 3. The van der Waals surface area contributed by atoms with Gasteiger partial charge in [-0.1, -0.05) is 0 Å². The van der Waals surface area contributed by atoms with Crippen molar-refractivity contribution in [3.63, 3.8) is 0 Å². The van der Waals surface area contributed by atoms with E-state index >= 15 is 0 Å². The summed E-state index contributed by atoms with van der Waals surface area (Å²) in [6.07, 6.45) is -0.842. The molecule has 14 heteroatoms. The standard InChI is InChI=1S/C13H22N4O9S/c14-5(2-18)10(22)15-6(1-9(20)21)11(23)17-8(4-27)12(24)16-7(3-19)13(25)26/h5-8,18-19,27H,1-4,14H2,(H,15,22)(H,16,24)(H,17,23)(H,20,21)(H,25,26). The van der Waals surface area contributed by atoms with E-state index in [4.69, 9.17) is 26.2 Å². The number of aliphatic hydroxyl groups is 2. The van der Waals surface area contributed by atoms with E-state index in [0.29, 0.717) is 0 Å². The lowest BCUT2D eigenvalue weighted by atomic mass is 10.1. The third-order valence-electron chi connectivity index (χ3n) is 3.16. The summed E-state index contributed by atoms with van der Waals surface area (Å²) in [7, 11) is 0. The van der Waals surface area contributed by atoms with Gasteiger partial charge in [-0.25, -0.2) is 4.79 Å². The zero-order chi connectivity index (χ0) is 21.1. The van der Waals surface area contributed by atoms with Gasteiger partial charge in [0.1, 0.15) is 24.2 Å². The molecule has 0 heterocycles. The smallest absolute Gasteiger partial charge is 0.328 e. The Morgan fingerprint density at radius 1 is 0.815 bits per heavy atom. The molecule has 3 amide bonds. The zero-order valence-electron chi connectivity index (χ0n) is 14.0. The van der Waals surface area contributed by atoms with Gasteiger partial charge >= 0.3 is 11.9 Å². The summed E-state index contributed by atoms with van der Waals surface area (Å²) >= 11 is 3.85. The number of thiol groups is 1. The minimum absolute atomic E-state index is 0.292. The van der Waals surface area contributed by atoms with Gasteiger partial charge in [0.15, 0.2) is 0 Å². The van der Waals surface area contributed by atoms with E-state index in [9.17, 15) is 24.0 Å². The second-order valence-corrected chi connectivity index (χ2v) is 5.64. The van der Waals surface area contributed by atoms with Crippen LogP contribution < -0.4 is 21.7 Å². The van der Waals surface area contributed by atoms with E-state index in [0.717, 1.165) is 0 Å². The summed E-state index contributed by atoms with van der Waals surface area (Å²) < 4.78 is 0. The first-order chi connectivity index (χ1) is 12.6. The molecule has 0 spiro atoms. The molecule has 0 rings (SSSR count). The lowest BCUT2D eigenvalue weighted by molar-refractivity contribution is -0.144. The number of carboxylic acids is 2. The summed E-state index contributed by atoms with van der Waals surface area (Å²) in [6, 6.07) is -6.00.